The molecule has 0 fully saturated rings. The van der Waals surface area contributed by atoms with Crippen LogP contribution in [0.5, 0.6) is 0 Å². The molecule has 0 aromatic heterocycles. The van der Waals surface area contributed by atoms with Crippen LogP contribution in [0.15, 0.2) is 0 Å². The number of carboxylic acid groups (broad SMARTS) is 1. The number of carbonyl (C=O) groups is 11. The van der Waals surface area contributed by atoms with Crippen LogP contribution in [0.1, 0.15) is 81.6 Å². The van der Waals surface area contributed by atoms with Gasteiger partial charge in [-0.3, -0.25) is 52.7 Å². The van der Waals surface area contributed by atoms with Crippen molar-refractivity contribution < 1.29 is 57.8 Å². The highest BCUT2D eigenvalue weighted by Gasteiger charge is 2.35. The second-order valence-corrected chi connectivity index (χ2v) is 14.4. The van der Waals surface area contributed by atoms with Gasteiger partial charge in [0.2, 0.25) is 59.1 Å². The van der Waals surface area contributed by atoms with Gasteiger partial charge in [-0.1, -0.05) is 41.5 Å². The predicted octanol–water partition coefficient (Wildman–Crippen LogP) is -4.25. The summed E-state index contributed by atoms with van der Waals surface area (Å²) in [6.45, 7) is 13.2. The zero-order valence-electron chi connectivity index (χ0n) is 33.2. The summed E-state index contributed by atoms with van der Waals surface area (Å²) in [5.41, 5.74) is 10.7. The maximum absolute atomic E-state index is 13.5. The van der Waals surface area contributed by atoms with Crippen molar-refractivity contribution in [2.75, 3.05) is 6.54 Å². The highest BCUT2D eigenvalue weighted by atomic mass is 16.4. The lowest BCUT2D eigenvalue weighted by molar-refractivity contribution is -0.142. The van der Waals surface area contributed by atoms with E-state index in [2.05, 4.69) is 42.5 Å². The minimum atomic E-state index is -1.78. The normalized spacial score (nSPS) is 14.7. The third-order valence-corrected chi connectivity index (χ3v) is 7.92. The van der Waals surface area contributed by atoms with Crippen molar-refractivity contribution >= 4 is 65.0 Å². The smallest absolute Gasteiger partial charge is 0.305 e. The lowest BCUT2D eigenvalue weighted by Gasteiger charge is -2.29. The van der Waals surface area contributed by atoms with Gasteiger partial charge in [-0.25, -0.2) is 0 Å². The SMILES string of the molecule is CC(=O)NC(C)C(=O)NCC(=O)NC(C)C(=O)NC(C(=O)NC(C(=O)NC(CC(N)=O)C(=O)NC(CC(=O)O)C(=O)NC(CC(C)C)C(N)=O)C(C)C)C(C)C. The molecule has 56 heavy (non-hydrogen) atoms. The molecule has 0 aliphatic rings. The fourth-order valence-corrected chi connectivity index (χ4v) is 4.96. The standard InChI is InChI=1S/C34H58N10O12/c1-14(2)10-20(28(36)50)40-32(54)22(12-25(48)49)41-31(53)21(11-23(35)46)42-33(55)26(15(3)4)44-34(56)27(16(5)6)43-30(52)18(8)39-24(47)13-37-29(51)17(7)38-19(9)45/h14-18,20-22,26-27H,10-13H2,1-9H3,(H2,35,46)(H2,36,50)(H,37,51)(H,38,45)(H,39,47)(H,40,54)(H,41,53)(H,42,55)(H,43,52)(H,44,56)(H,48,49). The van der Waals surface area contributed by atoms with Gasteiger partial charge in [-0.05, 0) is 38.0 Å². The predicted molar refractivity (Wildman–Crippen MR) is 198 cm³/mol. The molecule has 0 spiro atoms. The molecular weight excluding hydrogens is 740 g/mol. The van der Waals surface area contributed by atoms with Crippen molar-refractivity contribution in [2.24, 2.45) is 29.2 Å². The quantitative estimate of drug-likeness (QED) is 0.0442. The molecule has 0 rings (SSSR count). The molecule has 7 unspecified atom stereocenters. The van der Waals surface area contributed by atoms with Crippen molar-refractivity contribution in [3.05, 3.63) is 0 Å². The largest absolute Gasteiger partial charge is 0.481 e. The van der Waals surface area contributed by atoms with E-state index in [1.165, 1.54) is 20.8 Å². The Morgan fingerprint density at radius 1 is 0.518 bits per heavy atom. The van der Waals surface area contributed by atoms with E-state index in [4.69, 9.17) is 11.5 Å². The Labute approximate surface area is 324 Å². The van der Waals surface area contributed by atoms with E-state index in [-0.39, 0.29) is 12.3 Å². The summed E-state index contributed by atoms with van der Waals surface area (Å²) in [6.07, 6.45) is -1.65. The number of carboxylic acids is 1. The zero-order valence-corrected chi connectivity index (χ0v) is 33.2. The zero-order chi connectivity index (χ0) is 43.6. The Morgan fingerprint density at radius 3 is 1.38 bits per heavy atom. The number of rotatable bonds is 24. The fraction of sp³-hybridized carbons (Fsp3) is 0.676. The first-order valence-corrected chi connectivity index (χ1v) is 17.9. The molecule has 7 atom stereocenters. The van der Waals surface area contributed by atoms with Crippen LogP contribution in [0.25, 0.3) is 0 Å². The summed E-state index contributed by atoms with van der Waals surface area (Å²) < 4.78 is 0. The van der Waals surface area contributed by atoms with E-state index in [1.54, 1.807) is 41.5 Å². The molecule has 10 amide bonds. The average molecular weight is 799 g/mol. The van der Waals surface area contributed by atoms with Crippen molar-refractivity contribution in [3.8, 4) is 0 Å². The molecule has 0 saturated heterocycles. The van der Waals surface area contributed by atoms with Crippen molar-refractivity contribution in [2.45, 2.75) is 124 Å². The highest BCUT2D eigenvalue weighted by Crippen LogP contribution is 2.09. The molecular formula is C34H58N10O12. The third kappa shape index (κ3) is 19.0. The van der Waals surface area contributed by atoms with Crippen LogP contribution in [-0.2, 0) is 52.7 Å². The lowest BCUT2D eigenvalue weighted by atomic mass is 9.99. The Balaban J connectivity index is 5.89. The summed E-state index contributed by atoms with van der Waals surface area (Å²) in [5.74, 6) is -11.5. The molecule has 316 valence electrons. The van der Waals surface area contributed by atoms with Gasteiger partial charge in [0.05, 0.1) is 19.4 Å². The van der Waals surface area contributed by atoms with Crippen molar-refractivity contribution in [3.63, 3.8) is 0 Å². The van der Waals surface area contributed by atoms with E-state index in [0.717, 1.165) is 0 Å². The number of amides is 10. The maximum Gasteiger partial charge on any atom is 0.305 e. The lowest BCUT2D eigenvalue weighted by Crippen LogP contribution is -2.61. The van der Waals surface area contributed by atoms with Crippen molar-refractivity contribution in [1.29, 1.82) is 0 Å². The third-order valence-electron chi connectivity index (χ3n) is 7.92. The van der Waals surface area contributed by atoms with Crippen LogP contribution in [0, 0.1) is 17.8 Å². The number of nitrogens with one attached hydrogen (secondary N) is 8. The van der Waals surface area contributed by atoms with Crippen LogP contribution >= 0.6 is 0 Å². The van der Waals surface area contributed by atoms with Gasteiger partial charge in [-0.15, -0.1) is 0 Å². The Hall–Kier alpha value is -5.83. The Morgan fingerprint density at radius 2 is 0.946 bits per heavy atom. The molecule has 0 radical (unpaired) electrons. The van der Waals surface area contributed by atoms with Gasteiger partial charge in [0.25, 0.3) is 0 Å². The Bertz CT molecular complexity index is 1490. The van der Waals surface area contributed by atoms with E-state index in [9.17, 15) is 57.8 Å². The van der Waals surface area contributed by atoms with Gasteiger partial charge in [0, 0.05) is 6.92 Å². The molecule has 0 heterocycles. The molecule has 0 aliphatic heterocycles. The minimum Gasteiger partial charge on any atom is -0.481 e. The summed E-state index contributed by atoms with van der Waals surface area (Å²) in [6, 6.07) is -9.47. The molecule has 0 aliphatic carbocycles. The molecule has 13 N–H and O–H groups in total. The van der Waals surface area contributed by atoms with E-state index in [1.807, 2.05) is 0 Å². The van der Waals surface area contributed by atoms with Gasteiger partial charge in [0.15, 0.2) is 0 Å². The number of hydrogen-bond donors (Lipinski definition) is 11. The summed E-state index contributed by atoms with van der Waals surface area (Å²) in [4.78, 5) is 137. The number of primary amides is 2. The monoisotopic (exact) mass is 798 g/mol. The minimum absolute atomic E-state index is 0.103. The first-order chi connectivity index (χ1) is 25.8. The first-order valence-electron chi connectivity index (χ1n) is 17.9. The van der Waals surface area contributed by atoms with Gasteiger partial charge >= 0.3 is 5.97 Å². The fourth-order valence-electron chi connectivity index (χ4n) is 4.96. The van der Waals surface area contributed by atoms with Crippen molar-refractivity contribution in [1.82, 2.24) is 42.5 Å². The summed E-state index contributed by atoms with van der Waals surface area (Å²) >= 11 is 0. The van der Waals surface area contributed by atoms with Crippen LogP contribution in [0.4, 0.5) is 0 Å². The van der Waals surface area contributed by atoms with Crippen LogP contribution in [0.3, 0.4) is 0 Å². The molecule has 0 aromatic carbocycles. The maximum atomic E-state index is 13.5. The van der Waals surface area contributed by atoms with Gasteiger partial charge < -0.3 is 59.1 Å². The van der Waals surface area contributed by atoms with Crippen LogP contribution in [-0.4, -0.2) is 119 Å². The number of carbonyl (C=O) groups excluding carboxylic acids is 10. The number of nitrogens with two attached hydrogens (primary N) is 2. The topological polar surface area (TPSA) is 356 Å². The van der Waals surface area contributed by atoms with E-state index in [0.29, 0.717) is 0 Å². The molecule has 22 heteroatoms. The highest BCUT2D eigenvalue weighted by molar-refractivity contribution is 5.99. The van der Waals surface area contributed by atoms with Crippen LogP contribution in [0.2, 0.25) is 0 Å². The number of hydrogen-bond acceptors (Lipinski definition) is 11. The first kappa shape index (κ1) is 50.2. The second kappa shape index (κ2) is 23.8. The second-order valence-electron chi connectivity index (χ2n) is 14.4. The van der Waals surface area contributed by atoms with E-state index >= 15 is 0 Å². The molecule has 0 bridgehead atoms. The van der Waals surface area contributed by atoms with E-state index < -0.39 is 139 Å². The average Bonchev–Trinajstić information content (AvgIpc) is 3.05. The molecule has 0 saturated carbocycles. The Kier molecular flexibility index (Phi) is 21.4. The molecule has 22 nitrogen and oxygen atoms in total. The van der Waals surface area contributed by atoms with Crippen LogP contribution < -0.4 is 54.0 Å². The summed E-state index contributed by atoms with van der Waals surface area (Å²) in [5, 5.41) is 28.2. The van der Waals surface area contributed by atoms with Gasteiger partial charge in [0.1, 0.15) is 42.3 Å². The molecule has 0 aromatic rings. The summed E-state index contributed by atoms with van der Waals surface area (Å²) in [7, 11) is 0. The van der Waals surface area contributed by atoms with Gasteiger partial charge in [-0.2, -0.15) is 0 Å². The number of aliphatic carboxylic acids is 1.